The number of aliphatic hydroxyl groups is 1. The van der Waals surface area contributed by atoms with Crippen LogP contribution < -0.4 is 0 Å². The Morgan fingerprint density at radius 3 is 1.82 bits per heavy atom. The van der Waals surface area contributed by atoms with Gasteiger partial charge in [-0.1, -0.05) is 57.8 Å². The molecular weight excluding hydrogens is 208 g/mol. The summed E-state index contributed by atoms with van der Waals surface area (Å²) in [6, 6.07) is 0. The lowest BCUT2D eigenvalue weighted by atomic mass is 9.62. The molecule has 3 rings (SSSR count). The van der Waals surface area contributed by atoms with Crippen LogP contribution in [-0.2, 0) is 0 Å². The van der Waals surface area contributed by atoms with E-state index < -0.39 is 0 Å². The van der Waals surface area contributed by atoms with Crippen LogP contribution in [-0.4, -0.2) is 11.2 Å². The van der Waals surface area contributed by atoms with Crippen molar-refractivity contribution >= 4 is 0 Å². The molecule has 3 saturated carbocycles. The molecule has 3 fully saturated rings. The monoisotopic (exact) mass is 236 g/mol. The molecule has 0 unspecified atom stereocenters. The van der Waals surface area contributed by atoms with Crippen LogP contribution in [0.4, 0.5) is 0 Å². The Labute approximate surface area is 106 Å². The molecule has 3 aliphatic carbocycles. The number of rotatable bonds is 1. The molecule has 0 radical (unpaired) electrons. The van der Waals surface area contributed by atoms with Gasteiger partial charge in [0, 0.05) is 0 Å². The fraction of sp³-hybridized carbons (Fsp3) is 1.00. The van der Waals surface area contributed by atoms with Crippen LogP contribution >= 0.6 is 0 Å². The zero-order valence-corrected chi connectivity index (χ0v) is 11.1. The molecule has 0 aromatic carbocycles. The van der Waals surface area contributed by atoms with E-state index in [2.05, 4.69) is 0 Å². The van der Waals surface area contributed by atoms with E-state index >= 15 is 0 Å². The summed E-state index contributed by atoms with van der Waals surface area (Å²) in [4.78, 5) is 0. The maximum absolute atomic E-state index is 10.5. The predicted octanol–water partition coefficient (Wildman–Crippen LogP) is 4.14. The number of aliphatic hydroxyl groups excluding tert-OH is 1. The summed E-state index contributed by atoms with van der Waals surface area (Å²) in [7, 11) is 0. The van der Waals surface area contributed by atoms with Gasteiger partial charge in [-0.3, -0.25) is 0 Å². The minimum atomic E-state index is 0.0393. The van der Waals surface area contributed by atoms with E-state index in [0.29, 0.717) is 5.92 Å². The van der Waals surface area contributed by atoms with Crippen molar-refractivity contribution in [3.63, 3.8) is 0 Å². The van der Waals surface area contributed by atoms with Crippen molar-refractivity contribution in [1.82, 2.24) is 0 Å². The van der Waals surface area contributed by atoms with Gasteiger partial charge in [0.1, 0.15) is 0 Å². The first-order valence-electron chi connectivity index (χ1n) is 8.02. The van der Waals surface area contributed by atoms with Gasteiger partial charge in [0.25, 0.3) is 0 Å². The standard InChI is InChI=1S/C16H28O/c17-16-11-14-9-5-4-8-13(14)10-15(16)12-6-2-1-3-7-12/h12-17H,1-11H2/t13-,14-,15-,16+/m1/s1. The summed E-state index contributed by atoms with van der Waals surface area (Å²) in [6.45, 7) is 0. The normalized spacial score (nSPS) is 44.3. The molecule has 0 heterocycles. The van der Waals surface area contributed by atoms with Gasteiger partial charge < -0.3 is 5.11 Å². The Morgan fingerprint density at radius 2 is 1.12 bits per heavy atom. The third-order valence-electron chi connectivity index (χ3n) is 5.94. The average Bonchev–Trinajstić information content (AvgIpc) is 2.39. The summed E-state index contributed by atoms with van der Waals surface area (Å²) in [6.07, 6.45) is 15.3. The second-order valence-corrected chi connectivity index (χ2v) is 6.91. The van der Waals surface area contributed by atoms with Crippen molar-refractivity contribution in [2.75, 3.05) is 0 Å². The van der Waals surface area contributed by atoms with Gasteiger partial charge in [-0.25, -0.2) is 0 Å². The maximum Gasteiger partial charge on any atom is 0.0573 e. The van der Waals surface area contributed by atoms with Gasteiger partial charge in [0.15, 0.2) is 0 Å². The minimum absolute atomic E-state index is 0.0393. The van der Waals surface area contributed by atoms with Crippen molar-refractivity contribution in [3.8, 4) is 0 Å². The molecule has 0 aliphatic heterocycles. The molecule has 0 amide bonds. The van der Waals surface area contributed by atoms with E-state index in [1.165, 1.54) is 64.2 Å². The smallest absolute Gasteiger partial charge is 0.0573 e. The minimum Gasteiger partial charge on any atom is -0.393 e. The van der Waals surface area contributed by atoms with Crippen LogP contribution in [0.1, 0.15) is 70.6 Å². The SMILES string of the molecule is O[C@H]1C[C@H]2CCCC[C@@H]2C[C@@H]1C1CCCCC1. The summed E-state index contributed by atoms with van der Waals surface area (Å²) >= 11 is 0. The van der Waals surface area contributed by atoms with Crippen LogP contribution in [0.25, 0.3) is 0 Å². The third kappa shape index (κ3) is 2.54. The lowest BCUT2D eigenvalue weighted by molar-refractivity contribution is -0.0314. The Morgan fingerprint density at radius 1 is 0.588 bits per heavy atom. The predicted molar refractivity (Wildman–Crippen MR) is 70.8 cm³/mol. The van der Waals surface area contributed by atoms with E-state index in [9.17, 15) is 5.11 Å². The highest BCUT2D eigenvalue weighted by Crippen LogP contribution is 2.47. The molecule has 1 N–H and O–H groups in total. The Balaban J connectivity index is 1.64. The molecule has 0 aromatic heterocycles. The molecule has 0 saturated heterocycles. The van der Waals surface area contributed by atoms with Crippen LogP contribution in [0, 0.1) is 23.7 Å². The van der Waals surface area contributed by atoms with Crippen LogP contribution in [0.5, 0.6) is 0 Å². The molecule has 0 aromatic rings. The van der Waals surface area contributed by atoms with Gasteiger partial charge in [-0.05, 0) is 36.5 Å². The fourth-order valence-corrected chi connectivity index (χ4v) is 4.97. The average molecular weight is 236 g/mol. The highest BCUT2D eigenvalue weighted by Gasteiger charge is 2.40. The highest BCUT2D eigenvalue weighted by molar-refractivity contribution is 4.91. The van der Waals surface area contributed by atoms with Gasteiger partial charge in [-0.15, -0.1) is 0 Å². The zero-order valence-electron chi connectivity index (χ0n) is 11.1. The summed E-state index contributed by atoms with van der Waals surface area (Å²) in [5.74, 6) is 3.37. The van der Waals surface area contributed by atoms with Crippen molar-refractivity contribution in [2.24, 2.45) is 23.7 Å². The topological polar surface area (TPSA) is 20.2 Å². The van der Waals surface area contributed by atoms with Gasteiger partial charge in [-0.2, -0.15) is 0 Å². The van der Waals surface area contributed by atoms with Gasteiger partial charge in [0.05, 0.1) is 6.10 Å². The lowest BCUT2D eigenvalue weighted by Crippen LogP contribution is -2.40. The largest absolute Gasteiger partial charge is 0.393 e. The molecule has 98 valence electrons. The van der Waals surface area contributed by atoms with Crippen molar-refractivity contribution < 1.29 is 5.11 Å². The number of hydrogen-bond acceptors (Lipinski definition) is 1. The van der Waals surface area contributed by atoms with Gasteiger partial charge in [0.2, 0.25) is 0 Å². The van der Waals surface area contributed by atoms with Crippen LogP contribution in [0.15, 0.2) is 0 Å². The van der Waals surface area contributed by atoms with Crippen LogP contribution in [0.2, 0.25) is 0 Å². The maximum atomic E-state index is 10.5. The Kier molecular flexibility index (Phi) is 3.75. The Hall–Kier alpha value is -0.0400. The molecule has 4 atom stereocenters. The molecular formula is C16H28O. The molecule has 0 spiro atoms. The summed E-state index contributed by atoms with van der Waals surface area (Å²) in [5.41, 5.74) is 0. The Bertz CT molecular complexity index is 244. The number of hydrogen-bond donors (Lipinski definition) is 1. The van der Waals surface area contributed by atoms with Crippen LogP contribution in [0.3, 0.4) is 0 Å². The highest BCUT2D eigenvalue weighted by atomic mass is 16.3. The fourth-order valence-electron chi connectivity index (χ4n) is 4.97. The zero-order chi connectivity index (χ0) is 11.7. The quantitative estimate of drug-likeness (QED) is 0.725. The summed E-state index contributed by atoms with van der Waals surface area (Å²) in [5, 5.41) is 10.5. The van der Waals surface area contributed by atoms with E-state index in [4.69, 9.17) is 0 Å². The lowest BCUT2D eigenvalue weighted by Gasteiger charge is -2.45. The van der Waals surface area contributed by atoms with Crippen molar-refractivity contribution in [3.05, 3.63) is 0 Å². The van der Waals surface area contributed by atoms with Crippen molar-refractivity contribution in [2.45, 2.75) is 76.7 Å². The van der Waals surface area contributed by atoms with E-state index in [-0.39, 0.29) is 6.10 Å². The first kappa shape index (κ1) is 12.0. The second kappa shape index (κ2) is 5.30. The second-order valence-electron chi connectivity index (χ2n) is 6.91. The first-order valence-corrected chi connectivity index (χ1v) is 8.02. The first-order chi connectivity index (χ1) is 8.34. The molecule has 1 nitrogen and oxygen atoms in total. The van der Waals surface area contributed by atoms with E-state index in [0.717, 1.165) is 24.2 Å². The molecule has 3 aliphatic rings. The molecule has 17 heavy (non-hydrogen) atoms. The third-order valence-corrected chi connectivity index (χ3v) is 5.94. The van der Waals surface area contributed by atoms with Gasteiger partial charge >= 0.3 is 0 Å². The van der Waals surface area contributed by atoms with Crippen molar-refractivity contribution in [1.29, 1.82) is 0 Å². The number of fused-ring (bicyclic) bond motifs is 1. The van der Waals surface area contributed by atoms with E-state index in [1.807, 2.05) is 0 Å². The van der Waals surface area contributed by atoms with E-state index in [1.54, 1.807) is 0 Å². The summed E-state index contributed by atoms with van der Waals surface area (Å²) < 4.78 is 0. The molecule has 1 heteroatoms. The molecule has 0 bridgehead atoms.